The van der Waals surface area contributed by atoms with Crippen LogP contribution in [-0.4, -0.2) is 66.5 Å². The summed E-state index contributed by atoms with van der Waals surface area (Å²) in [6.07, 6.45) is -3.31. The second-order valence-corrected chi connectivity index (χ2v) is 8.51. The Kier molecular flexibility index (Phi) is 6.16. The molecular formula is C19H22ClFN4O5S. The van der Waals surface area contributed by atoms with Crippen molar-refractivity contribution in [1.29, 1.82) is 0 Å². The quantitative estimate of drug-likeness (QED) is 0.484. The first-order valence-electron chi connectivity index (χ1n) is 9.79. The molecule has 1 aromatic carbocycles. The van der Waals surface area contributed by atoms with Crippen LogP contribution in [0.15, 0.2) is 18.2 Å². The van der Waals surface area contributed by atoms with Gasteiger partial charge in [-0.25, -0.2) is 9.07 Å². The van der Waals surface area contributed by atoms with E-state index in [-0.39, 0.29) is 15.8 Å². The lowest BCUT2D eigenvalue weighted by atomic mass is 9.96. The third-order valence-electron chi connectivity index (χ3n) is 5.43. The number of aliphatic hydroxyl groups excluding tert-OH is 3. The van der Waals surface area contributed by atoms with E-state index in [2.05, 4.69) is 10.4 Å². The fraction of sp³-hybridized carbons (Fsp3) is 0.526. The predicted molar refractivity (Wildman–Crippen MR) is 110 cm³/mol. The van der Waals surface area contributed by atoms with Crippen LogP contribution in [0.2, 0.25) is 5.02 Å². The van der Waals surface area contributed by atoms with Gasteiger partial charge < -0.3 is 25.4 Å². The van der Waals surface area contributed by atoms with Gasteiger partial charge in [0.15, 0.2) is 12.1 Å². The Labute approximate surface area is 187 Å². The van der Waals surface area contributed by atoms with Gasteiger partial charge >= 0.3 is 0 Å². The smallest absolute Gasteiger partial charge is 0.217 e. The molecule has 12 heteroatoms. The SMILES string of the molecule is CC(=O)N[C@@H]1[C@@H](O)[C@H](O)[C@@H](CO)O[C@H]1n1nc(-c2ccc(F)c(Cl)c2)n(C2CC2)c1=S. The molecule has 1 aromatic heterocycles. The summed E-state index contributed by atoms with van der Waals surface area (Å²) in [6.45, 7) is 0.709. The van der Waals surface area contributed by atoms with E-state index in [0.717, 1.165) is 12.8 Å². The van der Waals surface area contributed by atoms with Crippen molar-refractivity contribution in [2.24, 2.45) is 0 Å². The molecule has 1 saturated carbocycles. The third-order valence-corrected chi connectivity index (χ3v) is 6.11. The van der Waals surface area contributed by atoms with E-state index in [1.807, 2.05) is 0 Å². The zero-order chi connectivity index (χ0) is 22.4. The molecule has 1 amide bonds. The Bertz CT molecular complexity index is 1060. The highest BCUT2D eigenvalue weighted by Gasteiger charge is 2.47. The summed E-state index contributed by atoms with van der Waals surface area (Å²) in [5.41, 5.74) is 0.536. The van der Waals surface area contributed by atoms with Crippen molar-refractivity contribution in [3.05, 3.63) is 33.8 Å². The first kappa shape index (κ1) is 22.3. The lowest BCUT2D eigenvalue weighted by molar-refractivity contribution is -0.219. The second-order valence-electron chi connectivity index (χ2n) is 7.74. The average molecular weight is 473 g/mol. The van der Waals surface area contributed by atoms with Crippen LogP contribution in [0, 0.1) is 10.6 Å². The summed E-state index contributed by atoms with van der Waals surface area (Å²) in [4.78, 5) is 11.7. The van der Waals surface area contributed by atoms with Crippen molar-refractivity contribution in [1.82, 2.24) is 19.7 Å². The number of nitrogens with one attached hydrogen (secondary N) is 1. The van der Waals surface area contributed by atoms with Crippen LogP contribution in [-0.2, 0) is 9.53 Å². The number of nitrogens with zero attached hydrogens (tertiary/aromatic N) is 3. The molecular weight excluding hydrogens is 451 g/mol. The Morgan fingerprint density at radius 1 is 1.39 bits per heavy atom. The summed E-state index contributed by atoms with van der Waals surface area (Å²) < 4.78 is 22.9. The molecule has 0 unspecified atom stereocenters. The maximum Gasteiger partial charge on any atom is 0.217 e. The lowest BCUT2D eigenvalue weighted by Crippen LogP contribution is -2.62. The molecule has 4 rings (SSSR count). The number of hydrogen-bond donors (Lipinski definition) is 4. The molecule has 31 heavy (non-hydrogen) atoms. The predicted octanol–water partition coefficient (Wildman–Crippen LogP) is 1.32. The Hall–Kier alpha value is -1.89. The molecule has 5 atom stereocenters. The molecule has 168 valence electrons. The maximum atomic E-state index is 13.7. The summed E-state index contributed by atoms with van der Waals surface area (Å²) >= 11 is 11.6. The zero-order valence-electron chi connectivity index (χ0n) is 16.5. The normalized spacial score (nSPS) is 28.5. The number of carbonyl (C=O) groups excluding carboxylic acids is 1. The van der Waals surface area contributed by atoms with Gasteiger partial charge in [-0.1, -0.05) is 11.6 Å². The molecule has 1 aliphatic carbocycles. The van der Waals surface area contributed by atoms with Gasteiger partial charge in [0.2, 0.25) is 10.7 Å². The first-order chi connectivity index (χ1) is 14.7. The molecule has 2 fully saturated rings. The Morgan fingerprint density at radius 3 is 2.68 bits per heavy atom. The third kappa shape index (κ3) is 4.13. The highest BCUT2D eigenvalue weighted by molar-refractivity contribution is 7.71. The molecule has 4 N–H and O–H groups in total. The molecule has 1 aliphatic heterocycles. The number of aliphatic hydroxyl groups is 3. The topological polar surface area (TPSA) is 122 Å². The number of hydrogen-bond acceptors (Lipinski definition) is 7. The monoisotopic (exact) mass is 472 g/mol. The second kappa shape index (κ2) is 8.57. The van der Waals surface area contributed by atoms with Gasteiger partial charge in [0, 0.05) is 18.5 Å². The number of rotatable bonds is 5. The number of halogens is 2. The zero-order valence-corrected chi connectivity index (χ0v) is 18.1. The molecule has 0 radical (unpaired) electrons. The van der Waals surface area contributed by atoms with Gasteiger partial charge in [0.25, 0.3) is 0 Å². The van der Waals surface area contributed by atoms with Crippen LogP contribution in [0.5, 0.6) is 0 Å². The standard InChI is InChI=1S/C19H22ClFN4O5S/c1-8(27)22-14-16(29)15(28)13(7-26)30-18(14)25-19(31)24(10-3-4-10)17(23-25)9-2-5-12(21)11(20)6-9/h2,5-6,10,13-16,18,26,28-29H,3-4,7H2,1H3,(H,22,27)/t13-,14-,15-,16-,18-/m1/s1. The van der Waals surface area contributed by atoms with Crippen LogP contribution in [0.3, 0.4) is 0 Å². The van der Waals surface area contributed by atoms with Gasteiger partial charge in [-0.15, -0.1) is 5.10 Å². The minimum absolute atomic E-state index is 0.0655. The van der Waals surface area contributed by atoms with Crippen LogP contribution >= 0.6 is 23.8 Å². The molecule has 2 aliphatic rings. The minimum Gasteiger partial charge on any atom is -0.394 e. The number of benzene rings is 1. The highest BCUT2D eigenvalue weighted by atomic mass is 35.5. The number of carbonyl (C=O) groups is 1. The average Bonchev–Trinajstić information content (AvgIpc) is 3.50. The number of amides is 1. The highest BCUT2D eigenvalue weighted by Crippen LogP contribution is 2.40. The van der Waals surface area contributed by atoms with E-state index in [1.165, 1.54) is 29.8 Å². The van der Waals surface area contributed by atoms with Crippen molar-refractivity contribution in [3.8, 4) is 11.4 Å². The summed E-state index contributed by atoms with van der Waals surface area (Å²) in [6, 6.07) is 3.22. The first-order valence-corrected chi connectivity index (χ1v) is 10.6. The molecule has 2 aromatic rings. The summed E-state index contributed by atoms with van der Waals surface area (Å²) in [7, 11) is 0. The Morgan fingerprint density at radius 2 is 2.10 bits per heavy atom. The molecule has 2 heterocycles. The van der Waals surface area contributed by atoms with E-state index < -0.39 is 48.9 Å². The van der Waals surface area contributed by atoms with E-state index in [9.17, 15) is 24.5 Å². The van der Waals surface area contributed by atoms with Crippen molar-refractivity contribution in [2.75, 3.05) is 6.61 Å². The number of ether oxygens (including phenoxy) is 1. The van der Waals surface area contributed by atoms with Gasteiger partial charge in [0.1, 0.15) is 30.2 Å². The molecule has 0 spiro atoms. The van der Waals surface area contributed by atoms with Crippen LogP contribution in [0.1, 0.15) is 32.0 Å². The van der Waals surface area contributed by atoms with Crippen molar-refractivity contribution < 1.29 is 29.2 Å². The maximum absolute atomic E-state index is 13.7. The van der Waals surface area contributed by atoms with E-state index in [1.54, 1.807) is 4.57 Å². The fourth-order valence-corrected chi connectivity index (χ4v) is 4.31. The molecule has 0 bridgehead atoms. The van der Waals surface area contributed by atoms with Crippen molar-refractivity contribution in [2.45, 2.75) is 56.4 Å². The fourth-order valence-electron chi connectivity index (χ4n) is 3.75. The van der Waals surface area contributed by atoms with Gasteiger partial charge in [0.05, 0.1) is 11.6 Å². The Balaban J connectivity index is 1.83. The van der Waals surface area contributed by atoms with E-state index >= 15 is 0 Å². The van der Waals surface area contributed by atoms with Crippen LogP contribution in [0.4, 0.5) is 4.39 Å². The van der Waals surface area contributed by atoms with Crippen molar-refractivity contribution >= 4 is 29.7 Å². The molecule has 1 saturated heterocycles. The van der Waals surface area contributed by atoms with Crippen LogP contribution in [0.25, 0.3) is 11.4 Å². The van der Waals surface area contributed by atoms with Crippen molar-refractivity contribution in [3.63, 3.8) is 0 Å². The van der Waals surface area contributed by atoms with Gasteiger partial charge in [-0.2, -0.15) is 0 Å². The lowest BCUT2D eigenvalue weighted by Gasteiger charge is -2.42. The largest absolute Gasteiger partial charge is 0.394 e. The minimum atomic E-state index is -1.43. The van der Waals surface area contributed by atoms with Crippen LogP contribution < -0.4 is 5.32 Å². The van der Waals surface area contributed by atoms with E-state index in [4.69, 9.17) is 28.6 Å². The summed E-state index contributed by atoms with van der Waals surface area (Å²) in [5, 5.41) is 37.5. The number of aromatic nitrogens is 3. The van der Waals surface area contributed by atoms with Gasteiger partial charge in [-0.3, -0.25) is 9.36 Å². The molecule has 9 nitrogen and oxygen atoms in total. The summed E-state index contributed by atoms with van der Waals surface area (Å²) in [5.74, 6) is -0.586. The van der Waals surface area contributed by atoms with E-state index in [0.29, 0.717) is 11.4 Å². The van der Waals surface area contributed by atoms with Gasteiger partial charge in [-0.05, 0) is 43.3 Å².